The van der Waals surface area contributed by atoms with Crippen LogP contribution in [0.5, 0.6) is 0 Å². The van der Waals surface area contributed by atoms with Gasteiger partial charge in [-0.05, 0) is 25.5 Å². The Labute approximate surface area is 77.0 Å². The lowest BCUT2D eigenvalue weighted by Gasteiger charge is -2.14. The van der Waals surface area contributed by atoms with Gasteiger partial charge in [-0.25, -0.2) is 0 Å². The molecule has 0 aliphatic rings. The van der Waals surface area contributed by atoms with E-state index in [0.29, 0.717) is 6.42 Å². The van der Waals surface area contributed by atoms with Gasteiger partial charge in [-0.3, -0.25) is 0 Å². The summed E-state index contributed by atoms with van der Waals surface area (Å²) < 4.78 is 0. The molecule has 0 aliphatic heterocycles. The van der Waals surface area contributed by atoms with Gasteiger partial charge in [0.15, 0.2) is 0 Å². The number of nitrogens with two attached hydrogens (primary N) is 1. The van der Waals surface area contributed by atoms with Crippen molar-refractivity contribution in [3.63, 3.8) is 0 Å². The van der Waals surface area contributed by atoms with Crippen LogP contribution >= 0.6 is 11.3 Å². The molecule has 2 nitrogen and oxygen atoms in total. The van der Waals surface area contributed by atoms with Crippen LogP contribution in [-0.4, -0.2) is 11.2 Å². The Bertz CT molecular complexity index is 246. The fourth-order valence-electron chi connectivity index (χ4n) is 1.08. The van der Waals surface area contributed by atoms with Gasteiger partial charge < -0.3 is 10.8 Å². The second-order valence-corrected chi connectivity index (χ2v) is 4.27. The fraction of sp³-hybridized carbons (Fsp3) is 0.556. The van der Waals surface area contributed by atoms with Crippen LogP contribution in [0, 0.1) is 6.92 Å². The lowest BCUT2D eigenvalue weighted by atomic mass is 10.1. The summed E-state index contributed by atoms with van der Waals surface area (Å²) in [5, 5.41) is 9.47. The van der Waals surface area contributed by atoms with E-state index in [1.54, 1.807) is 11.3 Å². The Hall–Kier alpha value is -0.380. The summed E-state index contributed by atoms with van der Waals surface area (Å²) in [4.78, 5) is 2.31. The molecule has 3 heteroatoms. The molecule has 0 fully saturated rings. The van der Waals surface area contributed by atoms with Crippen molar-refractivity contribution in [2.45, 2.75) is 32.4 Å². The minimum Gasteiger partial charge on any atom is -0.391 e. The first-order valence-electron chi connectivity index (χ1n) is 4.15. The zero-order valence-corrected chi connectivity index (χ0v) is 8.27. The van der Waals surface area contributed by atoms with E-state index in [4.69, 9.17) is 5.73 Å². The van der Waals surface area contributed by atoms with Crippen molar-refractivity contribution in [1.29, 1.82) is 0 Å². The van der Waals surface area contributed by atoms with Crippen LogP contribution in [0.2, 0.25) is 0 Å². The molecule has 0 saturated carbocycles. The summed E-state index contributed by atoms with van der Waals surface area (Å²) in [5.74, 6) is 0. The van der Waals surface area contributed by atoms with Crippen molar-refractivity contribution >= 4 is 11.3 Å². The van der Waals surface area contributed by atoms with E-state index in [2.05, 4.69) is 0 Å². The monoisotopic (exact) mass is 185 g/mol. The van der Waals surface area contributed by atoms with Crippen molar-refractivity contribution in [3.8, 4) is 0 Å². The summed E-state index contributed by atoms with van der Waals surface area (Å²) in [6.45, 7) is 3.98. The number of aliphatic hydroxyl groups is 1. The summed E-state index contributed by atoms with van der Waals surface area (Å²) in [6.07, 6.45) is 0.293. The van der Waals surface area contributed by atoms with E-state index in [1.807, 2.05) is 26.0 Å². The lowest BCUT2D eigenvalue weighted by molar-refractivity contribution is 0.142. The molecule has 0 saturated heterocycles. The highest BCUT2D eigenvalue weighted by Gasteiger charge is 2.15. The first-order chi connectivity index (χ1) is 5.65. The van der Waals surface area contributed by atoms with E-state index in [0.717, 1.165) is 4.88 Å². The number of aryl methyl sites for hydroxylation is 1. The Kier molecular flexibility index (Phi) is 3.26. The van der Waals surface area contributed by atoms with Crippen LogP contribution < -0.4 is 5.73 Å². The van der Waals surface area contributed by atoms with Gasteiger partial charge in [-0.2, -0.15) is 0 Å². The third-order valence-electron chi connectivity index (χ3n) is 1.92. The molecule has 0 amide bonds. The highest BCUT2D eigenvalue weighted by Crippen LogP contribution is 2.24. The molecule has 2 atom stereocenters. The molecule has 1 rings (SSSR count). The summed E-state index contributed by atoms with van der Waals surface area (Å²) >= 11 is 1.65. The first-order valence-corrected chi connectivity index (χ1v) is 4.96. The molecule has 12 heavy (non-hydrogen) atoms. The molecule has 0 bridgehead atoms. The summed E-state index contributed by atoms with van der Waals surface area (Å²) in [6, 6.07) is 3.81. The largest absolute Gasteiger partial charge is 0.391 e. The van der Waals surface area contributed by atoms with Crippen LogP contribution in [0.15, 0.2) is 12.1 Å². The maximum atomic E-state index is 9.47. The fourth-order valence-corrected chi connectivity index (χ4v) is 2.01. The predicted octanol–water partition coefficient (Wildman–Crippen LogP) is 1.83. The Morgan fingerprint density at radius 3 is 2.67 bits per heavy atom. The molecule has 0 spiro atoms. The van der Waals surface area contributed by atoms with Gasteiger partial charge in [0.25, 0.3) is 0 Å². The molecular weight excluding hydrogens is 170 g/mol. The molecule has 0 aromatic carbocycles. The Balaban J connectivity index is 2.70. The molecule has 3 N–H and O–H groups in total. The molecule has 68 valence electrons. The number of thiophene rings is 1. The zero-order valence-electron chi connectivity index (χ0n) is 7.45. The third-order valence-corrected chi connectivity index (χ3v) is 3.02. The lowest BCUT2D eigenvalue weighted by Crippen LogP contribution is -2.24. The second kappa shape index (κ2) is 4.03. The smallest absolute Gasteiger partial charge is 0.0738 e. The van der Waals surface area contributed by atoms with Crippen molar-refractivity contribution in [2.24, 2.45) is 5.73 Å². The molecule has 0 aliphatic carbocycles. The number of hydrogen-bond acceptors (Lipinski definition) is 3. The van der Waals surface area contributed by atoms with Gasteiger partial charge in [0.2, 0.25) is 0 Å². The van der Waals surface area contributed by atoms with Crippen LogP contribution in [0.3, 0.4) is 0 Å². The van der Waals surface area contributed by atoms with Crippen LogP contribution in [0.1, 0.15) is 29.1 Å². The Morgan fingerprint density at radius 1 is 1.58 bits per heavy atom. The molecule has 1 aromatic rings. The summed E-state index contributed by atoms with van der Waals surface area (Å²) in [5.41, 5.74) is 5.82. The molecule has 1 aromatic heterocycles. The van der Waals surface area contributed by atoms with Crippen LogP contribution in [0.4, 0.5) is 0 Å². The minimum atomic E-state index is -0.414. The molecular formula is C9H15NOS. The van der Waals surface area contributed by atoms with E-state index in [9.17, 15) is 5.11 Å². The molecule has 0 radical (unpaired) electrons. The first kappa shape index (κ1) is 9.71. The van der Waals surface area contributed by atoms with E-state index in [1.165, 1.54) is 4.88 Å². The topological polar surface area (TPSA) is 46.2 Å². The third kappa shape index (κ3) is 2.06. The van der Waals surface area contributed by atoms with Crippen molar-refractivity contribution in [3.05, 3.63) is 21.9 Å². The number of hydrogen-bond donors (Lipinski definition) is 2. The highest BCUT2D eigenvalue weighted by molar-refractivity contribution is 7.12. The maximum Gasteiger partial charge on any atom is 0.0738 e. The van der Waals surface area contributed by atoms with Crippen LogP contribution in [-0.2, 0) is 0 Å². The van der Waals surface area contributed by atoms with Gasteiger partial charge in [-0.15, -0.1) is 11.3 Å². The SMILES string of the molecule is CC[C@H](O)[C@H](N)c1ccc(C)s1. The Morgan fingerprint density at radius 2 is 2.25 bits per heavy atom. The standard InChI is InChI=1S/C9H15NOS/c1-3-7(11)9(10)8-5-4-6(2)12-8/h4-5,7,9,11H,3,10H2,1-2H3/t7-,9-/m0/s1. The summed E-state index contributed by atoms with van der Waals surface area (Å²) in [7, 11) is 0. The maximum absolute atomic E-state index is 9.47. The van der Waals surface area contributed by atoms with Gasteiger partial charge in [0.1, 0.15) is 0 Å². The minimum absolute atomic E-state index is 0.214. The predicted molar refractivity (Wildman–Crippen MR) is 52.3 cm³/mol. The van der Waals surface area contributed by atoms with Crippen LogP contribution in [0.25, 0.3) is 0 Å². The van der Waals surface area contributed by atoms with Crippen molar-refractivity contribution in [2.75, 3.05) is 0 Å². The molecule has 0 unspecified atom stereocenters. The van der Waals surface area contributed by atoms with E-state index < -0.39 is 6.10 Å². The van der Waals surface area contributed by atoms with Gasteiger partial charge in [-0.1, -0.05) is 6.92 Å². The second-order valence-electron chi connectivity index (χ2n) is 2.95. The van der Waals surface area contributed by atoms with Gasteiger partial charge >= 0.3 is 0 Å². The quantitative estimate of drug-likeness (QED) is 0.754. The van der Waals surface area contributed by atoms with Crippen molar-refractivity contribution < 1.29 is 5.11 Å². The van der Waals surface area contributed by atoms with Gasteiger partial charge in [0, 0.05) is 9.75 Å². The number of aliphatic hydroxyl groups excluding tert-OH is 1. The zero-order chi connectivity index (χ0) is 9.14. The van der Waals surface area contributed by atoms with E-state index >= 15 is 0 Å². The average molecular weight is 185 g/mol. The normalized spacial score (nSPS) is 16.0. The number of rotatable bonds is 3. The van der Waals surface area contributed by atoms with Gasteiger partial charge in [0.05, 0.1) is 12.1 Å². The van der Waals surface area contributed by atoms with E-state index in [-0.39, 0.29) is 6.04 Å². The molecule has 1 heterocycles. The average Bonchev–Trinajstić information content (AvgIpc) is 2.49. The highest BCUT2D eigenvalue weighted by atomic mass is 32.1. The van der Waals surface area contributed by atoms with Crippen molar-refractivity contribution in [1.82, 2.24) is 0 Å².